The Balaban J connectivity index is 2.21. The third-order valence-electron chi connectivity index (χ3n) is 5.29. The second-order valence-corrected chi connectivity index (χ2v) is 7.33. The van der Waals surface area contributed by atoms with Gasteiger partial charge in [0.05, 0.1) is 0 Å². The van der Waals surface area contributed by atoms with Crippen molar-refractivity contribution in [3.05, 3.63) is 34.9 Å². The van der Waals surface area contributed by atoms with Gasteiger partial charge in [0.1, 0.15) is 0 Å². The van der Waals surface area contributed by atoms with Crippen LogP contribution in [-0.4, -0.2) is 24.0 Å². The number of benzene rings is 1. The lowest BCUT2D eigenvalue weighted by Gasteiger charge is -2.51. The van der Waals surface area contributed by atoms with Crippen LogP contribution in [0.5, 0.6) is 0 Å². The van der Waals surface area contributed by atoms with E-state index in [2.05, 4.69) is 37.9 Å². The lowest BCUT2D eigenvalue weighted by molar-refractivity contribution is -0.00183. The van der Waals surface area contributed by atoms with Crippen LogP contribution in [0.1, 0.15) is 45.1 Å². The molecule has 2 rings (SSSR count). The summed E-state index contributed by atoms with van der Waals surface area (Å²) in [5.74, 6) is 1.36. The van der Waals surface area contributed by atoms with Crippen LogP contribution in [0.2, 0.25) is 5.02 Å². The van der Waals surface area contributed by atoms with Crippen molar-refractivity contribution < 1.29 is 0 Å². The third kappa shape index (κ3) is 3.61. The normalized spacial score (nSPS) is 26.5. The molecule has 2 N–H and O–H groups in total. The van der Waals surface area contributed by atoms with Crippen molar-refractivity contribution in [1.82, 2.24) is 4.90 Å². The largest absolute Gasteiger partial charge is 0.329 e. The molecule has 2 nitrogen and oxygen atoms in total. The van der Waals surface area contributed by atoms with E-state index in [9.17, 15) is 0 Å². The van der Waals surface area contributed by atoms with Crippen molar-refractivity contribution in [3.63, 3.8) is 0 Å². The first kappa shape index (κ1) is 16.8. The Morgan fingerprint density at radius 2 is 2.14 bits per heavy atom. The molecule has 1 aromatic rings. The molecule has 0 heterocycles. The van der Waals surface area contributed by atoms with Crippen LogP contribution in [0.4, 0.5) is 0 Å². The Bertz CT molecular complexity index is 460. The smallest absolute Gasteiger partial charge is 0.0409 e. The van der Waals surface area contributed by atoms with Crippen LogP contribution >= 0.6 is 11.6 Å². The van der Waals surface area contributed by atoms with E-state index < -0.39 is 0 Å². The Hall–Kier alpha value is -0.570. The highest BCUT2D eigenvalue weighted by molar-refractivity contribution is 6.30. The minimum Gasteiger partial charge on any atom is -0.329 e. The first-order valence-corrected chi connectivity index (χ1v) is 8.53. The molecular formula is C18H29ClN2. The van der Waals surface area contributed by atoms with E-state index >= 15 is 0 Å². The topological polar surface area (TPSA) is 29.3 Å². The Morgan fingerprint density at radius 3 is 2.76 bits per heavy atom. The maximum atomic E-state index is 6.28. The summed E-state index contributed by atoms with van der Waals surface area (Å²) in [6.45, 7) is 6.34. The summed E-state index contributed by atoms with van der Waals surface area (Å²) >= 11 is 6.12. The summed E-state index contributed by atoms with van der Waals surface area (Å²) in [5.41, 5.74) is 7.69. The van der Waals surface area contributed by atoms with Crippen molar-refractivity contribution in [3.8, 4) is 0 Å². The highest BCUT2D eigenvalue weighted by Crippen LogP contribution is 2.42. The number of nitrogens with zero attached hydrogens (tertiary/aromatic N) is 1. The van der Waals surface area contributed by atoms with E-state index in [1.165, 1.54) is 31.2 Å². The minimum atomic E-state index is 0.134. The lowest BCUT2D eigenvalue weighted by Crippen LogP contribution is -2.59. The van der Waals surface area contributed by atoms with Gasteiger partial charge in [-0.3, -0.25) is 4.90 Å². The fourth-order valence-corrected chi connectivity index (χ4v) is 4.37. The average molecular weight is 309 g/mol. The number of likely N-dealkylation sites (N-methyl/N-ethyl adjacent to an activating group) is 1. The predicted octanol–water partition coefficient (Wildman–Crippen LogP) is 4.32. The van der Waals surface area contributed by atoms with Crippen LogP contribution in [0.15, 0.2) is 24.3 Å². The number of hydrogen-bond donors (Lipinski definition) is 1. The third-order valence-corrected chi connectivity index (χ3v) is 5.53. The van der Waals surface area contributed by atoms with Gasteiger partial charge >= 0.3 is 0 Å². The van der Waals surface area contributed by atoms with Crippen LogP contribution in [-0.2, 0) is 6.54 Å². The van der Waals surface area contributed by atoms with Crippen LogP contribution in [0, 0.1) is 11.8 Å². The summed E-state index contributed by atoms with van der Waals surface area (Å²) in [5, 5.41) is 0.812. The molecule has 1 aliphatic rings. The molecule has 0 bridgehead atoms. The maximum Gasteiger partial charge on any atom is 0.0409 e. The molecule has 0 spiro atoms. The molecule has 0 aliphatic heterocycles. The molecule has 3 heteroatoms. The monoisotopic (exact) mass is 308 g/mol. The quantitative estimate of drug-likeness (QED) is 0.878. The fraction of sp³-hybridized carbons (Fsp3) is 0.667. The van der Waals surface area contributed by atoms with Gasteiger partial charge in [0.25, 0.3) is 0 Å². The van der Waals surface area contributed by atoms with E-state index in [1.54, 1.807) is 0 Å². The number of rotatable bonds is 5. The van der Waals surface area contributed by atoms with Crippen LogP contribution in [0.3, 0.4) is 0 Å². The van der Waals surface area contributed by atoms with E-state index in [4.69, 9.17) is 17.3 Å². The molecular weight excluding hydrogens is 280 g/mol. The molecule has 0 radical (unpaired) electrons. The van der Waals surface area contributed by atoms with Gasteiger partial charge in [0.2, 0.25) is 0 Å². The van der Waals surface area contributed by atoms with Gasteiger partial charge in [-0.2, -0.15) is 0 Å². The van der Waals surface area contributed by atoms with E-state index in [1.807, 2.05) is 12.1 Å². The summed E-state index contributed by atoms with van der Waals surface area (Å²) in [6.07, 6.45) is 5.15. The van der Waals surface area contributed by atoms with Gasteiger partial charge in [-0.05, 0) is 49.4 Å². The second kappa shape index (κ2) is 7.13. The van der Waals surface area contributed by atoms with Crippen molar-refractivity contribution in [2.75, 3.05) is 13.6 Å². The lowest BCUT2D eigenvalue weighted by atomic mass is 9.67. The van der Waals surface area contributed by atoms with Crippen molar-refractivity contribution in [2.45, 2.75) is 51.6 Å². The Morgan fingerprint density at radius 1 is 1.38 bits per heavy atom. The molecule has 0 aromatic heterocycles. The van der Waals surface area contributed by atoms with Crippen molar-refractivity contribution >= 4 is 11.6 Å². The maximum absolute atomic E-state index is 6.28. The Labute approximate surface area is 134 Å². The van der Waals surface area contributed by atoms with E-state index in [-0.39, 0.29) is 5.54 Å². The number of hydrogen-bond acceptors (Lipinski definition) is 2. The average Bonchev–Trinajstić information content (AvgIpc) is 2.46. The second-order valence-electron chi connectivity index (χ2n) is 6.89. The molecule has 1 aromatic carbocycles. The van der Waals surface area contributed by atoms with Gasteiger partial charge in [0.15, 0.2) is 0 Å². The SMILES string of the molecule is CC(C)C1CCCCC1(CN)N(C)Cc1cccc(Cl)c1. The molecule has 0 amide bonds. The molecule has 1 fully saturated rings. The van der Waals surface area contributed by atoms with Crippen molar-refractivity contribution in [1.29, 1.82) is 0 Å². The van der Waals surface area contributed by atoms with Crippen molar-refractivity contribution in [2.24, 2.45) is 17.6 Å². The van der Waals surface area contributed by atoms with Crippen LogP contribution < -0.4 is 5.73 Å². The zero-order valence-corrected chi connectivity index (χ0v) is 14.4. The van der Waals surface area contributed by atoms with Gasteiger partial charge < -0.3 is 5.73 Å². The molecule has 1 saturated carbocycles. The minimum absolute atomic E-state index is 0.134. The molecule has 21 heavy (non-hydrogen) atoms. The molecule has 1 aliphatic carbocycles. The summed E-state index contributed by atoms with van der Waals surface area (Å²) < 4.78 is 0. The van der Waals surface area contributed by atoms with E-state index in [0.717, 1.165) is 18.1 Å². The molecule has 2 atom stereocenters. The number of halogens is 1. The summed E-state index contributed by atoms with van der Waals surface area (Å²) in [7, 11) is 2.23. The molecule has 118 valence electrons. The fourth-order valence-electron chi connectivity index (χ4n) is 4.15. The van der Waals surface area contributed by atoms with Gasteiger partial charge in [-0.1, -0.05) is 50.4 Å². The van der Waals surface area contributed by atoms with Gasteiger partial charge in [0, 0.05) is 23.7 Å². The van der Waals surface area contributed by atoms with E-state index in [0.29, 0.717) is 11.8 Å². The zero-order chi connectivity index (χ0) is 15.5. The standard InChI is InChI=1S/C18H29ClN2/c1-14(2)17-9-4-5-10-18(17,13-20)21(3)12-15-7-6-8-16(19)11-15/h6-8,11,14,17H,4-5,9-10,12-13,20H2,1-3H3. The van der Waals surface area contributed by atoms with Crippen LogP contribution in [0.25, 0.3) is 0 Å². The van der Waals surface area contributed by atoms with Gasteiger partial charge in [-0.25, -0.2) is 0 Å². The molecule has 2 unspecified atom stereocenters. The summed E-state index contributed by atoms with van der Waals surface area (Å²) in [6, 6.07) is 8.18. The highest BCUT2D eigenvalue weighted by Gasteiger charge is 2.43. The first-order valence-electron chi connectivity index (χ1n) is 8.15. The summed E-state index contributed by atoms with van der Waals surface area (Å²) in [4.78, 5) is 2.49. The predicted molar refractivity (Wildman–Crippen MR) is 91.5 cm³/mol. The van der Waals surface area contributed by atoms with Gasteiger partial charge in [-0.15, -0.1) is 0 Å². The number of nitrogens with two attached hydrogens (primary N) is 1. The molecule has 0 saturated heterocycles. The highest BCUT2D eigenvalue weighted by atomic mass is 35.5. The first-order chi connectivity index (χ1) is 9.99. The zero-order valence-electron chi connectivity index (χ0n) is 13.6. The Kier molecular flexibility index (Phi) is 5.70.